The lowest BCUT2D eigenvalue weighted by molar-refractivity contribution is 0.313. The predicted octanol–water partition coefficient (Wildman–Crippen LogP) is 5.24. The van der Waals surface area contributed by atoms with Crippen LogP contribution in [-0.2, 0) is 6.54 Å². The molecule has 0 aliphatic carbocycles. The van der Waals surface area contributed by atoms with Crippen molar-refractivity contribution in [3.63, 3.8) is 0 Å². The number of nitrogens with two attached hydrogens (primary N) is 1. The van der Waals surface area contributed by atoms with Crippen molar-refractivity contribution in [1.82, 2.24) is 5.32 Å². The number of anilines is 1. The normalized spacial score (nSPS) is 10.7. The van der Waals surface area contributed by atoms with E-state index in [0.29, 0.717) is 17.4 Å². The smallest absolute Gasteiger partial charge is 0.137 e. The molecule has 0 amide bonds. The molecule has 0 aromatic heterocycles. The second-order valence-corrected chi connectivity index (χ2v) is 7.19. The lowest BCUT2D eigenvalue weighted by Gasteiger charge is -2.12. The van der Waals surface area contributed by atoms with Crippen molar-refractivity contribution in [3.8, 4) is 5.75 Å². The zero-order chi connectivity index (χ0) is 18.2. The highest BCUT2D eigenvalue weighted by molar-refractivity contribution is 7.99. The lowest BCUT2D eigenvalue weighted by atomic mass is 10.2. The Bertz CT molecular complexity index is 857. The van der Waals surface area contributed by atoms with Crippen molar-refractivity contribution in [3.05, 3.63) is 83.4 Å². The zero-order valence-corrected chi connectivity index (χ0v) is 15.9. The Morgan fingerprint density at radius 2 is 1.58 bits per heavy atom. The molecular formula is C21H21ClN2OS. The van der Waals surface area contributed by atoms with Gasteiger partial charge in [-0.05, 0) is 35.9 Å². The minimum absolute atomic E-state index is 0.560. The lowest BCUT2D eigenvalue weighted by Crippen LogP contribution is -2.21. The van der Waals surface area contributed by atoms with Crippen LogP contribution in [0.1, 0.15) is 5.56 Å². The van der Waals surface area contributed by atoms with E-state index in [9.17, 15) is 0 Å². The topological polar surface area (TPSA) is 47.3 Å². The summed E-state index contributed by atoms with van der Waals surface area (Å²) in [5, 5.41) is 4.05. The van der Waals surface area contributed by atoms with Crippen molar-refractivity contribution in [2.45, 2.75) is 16.3 Å². The number of para-hydroxylation sites is 2. The van der Waals surface area contributed by atoms with E-state index in [0.717, 1.165) is 23.7 Å². The third-order valence-electron chi connectivity index (χ3n) is 3.80. The van der Waals surface area contributed by atoms with Crippen LogP contribution in [0.2, 0.25) is 5.02 Å². The molecule has 3 aromatic carbocycles. The summed E-state index contributed by atoms with van der Waals surface area (Å²) in [7, 11) is 0. The van der Waals surface area contributed by atoms with Crippen LogP contribution >= 0.6 is 23.4 Å². The van der Waals surface area contributed by atoms with Gasteiger partial charge in [0.2, 0.25) is 0 Å². The molecule has 0 spiro atoms. The monoisotopic (exact) mass is 384 g/mol. The molecule has 26 heavy (non-hydrogen) atoms. The first kappa shape index (κ1) is 18.6. The molecule has 5 heteroatoms. The van der Waals surface area contributed by atoms with Crippen LogP contribution in [0.15, 0.2) is 82.6 Å². The number of benzene rings is 3. The molecule has 0 fully saturated rings. The van der Waals surface area contributed by atoms with Gasteiger partial charge in [0.05, 0.1) is 5.02 Å². The van der Waals surface area contributed by atoms with E-state index in [1.807, 2.05) is 54.6 Å². The fraction of sp³-hybridized carbons (Fsp3) is 0.143. The Morgan fingerprint density at radius 1 is 0.885 bits per heavy atom. The Kier molecular flexibility index (Phi) is 6.83. The summed E-state index contributed by atoms with van der Waals surface area (Å²) in [6.45, 7) is 2.06. The summed E-state index contributed by atoms with van der Waals surface area (Å²) in [6, 6.07) is 23.8. The highest BCUT2D eigenvalue weighted by Crippen LogP contribution is 2.33. The molecule has 3 nitrogen and oxygen atoms in total. The molecule has 0 heterocycles. The summed E-state index contributed by atoms with van der Waals surface area (Å²) in [5.41, 5.74) is 8.10. The number of nitrogens with one attached hydrogen (secondary N) is 1. The van der Waals surface area contributed by atoms with E-state index < -0.39 is 0 Å². The Morgan fingerprint density at radius 3 is 2.38 bits per heavy atom. The molecule has 3 rings (SSSR count). The van der Waals surface area contributed by atoms with Crippen LogP contribution in [0.25, 0.3) is 0 Å². The second kappa shape index (κ2) is 9.53. The SMILES string of the molecule is Nc1ccccc1Sc1ccccc1CNCCOc1ccccc1Cl. The van der Waals surface area contributed by atoms with Crippen LogP contribution in [0.3, 0.4) is 0 Å². The largest absolute Gasteiger partial charge is 0.491 e. The number of rotatable bonds is 8. The minimum atomic E-state index is 0.560. The van der Waals surface area contributed by atoms with E-state index >= 15 is 0 Å². The van der Waals surface area contributed by atoms with Gasteiger partial charge in [-0.1, -0.05) is 65.8 Å². The quantitative estimate of drug-likeness (QED) is 0.411. The van der Waals surface area contributed by atoms with Crippen molar-refractivity contribution in [1.29, 1.82) is 0 Å². The first-order valence-corrected chi connectivity index (χ1v) is 9.62. The molecule has 0 saturated heterocycles. The third kappa shape index (κ3) is 5.18. The summed E-state index contributed by atoms with van der Waals surface area (Å²) in [4.78, 5) is 2.27. The average molecular weight is 385 g/mol. The van der Waals surface area contributed by atoms with Crippen molar-refractivity contribution in [2.75, 3.05) is 18.9 Å². The molecule has 0 saturated carbocycles. The van der Waals surface area contributed by atoms with Gasteiger partial charge in [0.15, 0.2) is 0 Å². The molecule has 3 aromatic rings. The Balaban J connectivity index is 1.52. The standard InChI is InChI=1S/C21H21ClN2OS/c22-17-8-2-4-10-19(17)25-14-13-24-15-16-7-1-5-11-20(16)26-21-12-6-3-9-18(21)23/h1-12,24H,13-15,23H2. The zero-order valence-electron chi connectivity index (χ0n) is 14.3. The summed E-state index contributed by atoms with van der Waals surface area (Å²) >= 11 is 7.77. The average Bonchev–Trinajstić information content (AvgIpc) is 2.66. The van der Waals surface area contributed by atoms with Gasteiger partial charge in [0, 0.05) is 28.6 Å². The molecule has 134 valence electrons. The molecule has 0 radical (unpaired) electrons. The van der Waals surface area contributed by atoms with Gasteiger partial charge in [-0.15, -0.1) is 0 Å². The van der Waals surface area contributed by atoms with E-state index in [1.54, 1.807) is 11.8 Å². The molecule has 0 unspecified atom stereocenters. The highest BCUT2D eigenvalue weighted by atomic mass is 35.5. The van der Waals surface area contributed by atoms with Crippen LogP contribution in [0, 0.1) is 0 Å². The minimum Gasteiger partial charge on any atom is -0.491 e. The van der Waals surface area contributed by atoms with Gasteiger partial charge in [0.25, 0.3) is 0 Å². The number of halogens is 1. The number of hydrogen-bond acceptors (Lipinski definition) is 4. The second-order valence-electron chi connectivity index (χ2n) is 5.70. The summed E-state index contributed by atoms with van der Waals surface area (Å²) in [6.07, 6.45) is 0. The third-order valence-corrected chi connectivity index (χ3v) is 5.32. The van der Waals surface area contributed by atoms with Gasteiger partial charge in [-0.2, -0.15) is 0 Å². The molecular weight excluding hydrogens is 364 g/mol. The van der Waals surface area contributed by atoms with Gasteiger partial charge < -0.3 is 15.8 Å². The molecule has 0 bridgehead atoms. The number of nitrogen functional groups attached to an aromatic ring is 1. The first-order chi connectivity index (χ1) is 12.7. The Hall–Kier alpha value is -2.14. The van der Waals surface area contributed by atoms with Gasteiger partial charge in [-0.3, -0.25) is 0 Å². The summed E-state index contributed by atoms with van der Waals surface area (Å²) < 4.78 is 5.70. The first-order valence-electron chi connectivity index (χ1n) is 8.42. The van der Waals surface area contributed by atoms with Crippen molar-refractivity contribution < 1.29 is 4.74 Å². The maximum absolute atomic E-state index is 6.09. The van der Waals surface area contributed by atoms with Crippen LogP contribution < -0.4 is 15.8 Å². The van der Waals surface area contributed by atoms with Gasteiger partial charge in [0.1, 0.15) is 12.4 Å². The fourth-order valence-electron chi connectivity index (χ4n) is 2.46. The highest BCUT2D eigenvalue weighted by Gasteiger charge is 2.06. The van der Waals surface area contributed by atoms with E-state index in [1.165, 1.54) is 10.5 Å². The maximum Gasteiger partial charge on any atom is 0.137 e. The van der Waals surface area contributed by atoms with Crippen LogP contribution in [-0.4, -0.2) is 13.2 Å². The summed E-state index contributed by atoms with van der Waals surface area (Å²) in [5.74, 6) is 0.714. The van der Waals surface area contributed by atoms with E-state index in [-0.39, 0.29) is 0 Å². The van der Waals surface area contributed by atoms with Crippen molar-refractivity contribution >= 4 is 29.1 Å². The van der Waals surface area contributed by atoms with E-state index in [4.69, 9.17) is 22.1 Å². The predicted molar refractivity (Wildman–Crippen MR) is 110 cm³/mol. The van der Waals surface area contributed by atoms with Gasteiger partial charge >= 0.3 is 0 Å². The molecule has 0 aliphatic rings. The van der Waals surface area contributed by atoms with E-state index in [2.05, 4.69) is 23.5 Å². The fourth-order valence-corrected chi connectivity index (χ4v) is 3.64. The Labute approximate surface area is 163 Å². The number of ether oxygens (including phenoxy) is 1. The molecule has 3 N–H and O–H groups in total. The number of hydrogen-bond donors (Lipinski definition) is 2. The van der Waals surface area contributed by atoms with Crippen molar-refractivity contribution in [2.24, 2.45) is 0 Å². The van der Waals surface area contributed by atoms with Gasteiger partial charge in [-0.25, -0.2) is 0 Å². The molecule has 0 atom stereocenters. The van der Waals surface area contributed by atoms with Crippen LogP contribution in [0.5, 0.6) is 5.75 Å². The molecule has 0 aliphatic heterocycles. The maximum atomic E-state index is 6.09. The van der Waals surface area contributed by atoms with Crippen LogP contribution in [0.4, 0.5) is 5.69 Å².